The SMILES string of the molecule is CCC(C)CCCCCCCCCCCCC(=O)OC[C@H](COP(=O)(O)OCC(O)COP(=O)(O)OC[C@@H](COC(=O)CCCCCCCCCCC(C)C)OC(=O)CCCCCCCCCC(C)C)OC(=O)CCCCCCCCCCCCCCCCCCC(C)C. The van der Waals surface area contributed by atoms with E-state index in [0.29, 0.717) is 31.6 Å². The lowest BCUT2D eigenvalue weighted by atomic mass is 9.99. The van der Waals surface area contributed by atoms with Gasteiger partial charge in [0.25, 0.3) is 0 Å². The van der Waals surface area contributed by atoms with E-state index in [1.165, 1.54) is 180 Å². The van der Waals surface area contributed by atoms with Gasteiger partial charge in [-0.15, -0.1) is 0 Å². The highest BCUT2D eigenvalue weighted by molar-refractivity contribution is 7.47. The molecule has 0 spiro atoms. The molecule has 0 bridgehead atoms. The summed E-state index contributed by atoms with van der Waals surface area (Å²) in [6.45, 7) is 14.2. The van der Waals surface area contributed by atoms with Crippen molar-refractivity contribution in [2.24, 2.45) is 23.7 Å². The summed E-state index contributed by atoms with van der Waals surface area (Å²) in [5.41, 5.74) is 0. The van der Waals surface area contributed by atoms with Crippen LogP contribution in [0.1, 0.15) is 376 Å². The molecule has 94 heavy (non-hydrogen) atoms. The maximum absolute atomic E-state index is 13.1. The Morgan fingerprint density at radius 1 is 0.298 bits per heavy atom. The minimum Gasteiger partial charge on any atom is -0.462 e. The van der Waals surface area contributed by atoms with Crippen molar-refractivity contribution >= 4 is 39.5 Å². The molecule has 0 radical (unpaired) electrons. The van der Waals surface area contributed by atoms with E-state index >= 15 is 0 Å². The van der Waals surface area contributed by atoms with Crippen molar-refractivity contribution in [3.8, 4) is 0 Å². The van der Waals surface area contributed by atoms with Crippen LogP contribution < -0.4 is 0 Å². The molecule has 3 N–H and O–H groups in total. The minimum absolute atomic E-state index is 0.103. The van der Waals surface area contributed by atoms with Crippen molar-refractivity contribution in [2.75, 3.05) is 39.6 Å². The quantitative estimate of drug-likeness (QED) is 0.0222. The second kappa shape index (κ2) is 64.4. The number of aliphatic hydroxyl groups is 1. The molecule has 0 aromatic heterocycles. The van der Waals surface area contributed by atoms with E-state index in [9.17, 15) is 43.2 Å². The number of phosphoric ester groups is 2. The van der Waals surface area contributed by atoms with Gasteiger partial charge < -0.3 is 33.8 Å². The highest BCUT2D eigenvalue weighted by Gasteiger charge is 2.30. The maximum Gasteiger partial charge on any atom is 0.472 e. The largest absolute Gasteiger partial charge is 0.472 e. The van der Waals surface area contributed by atoms with E-state index in [4.69, 9.17) is 37.0 Å². The molecule has 19 heteroatoms. The topological polar surface area (TPSA) is 237 Å². The summed E-state index contributed by atoms with van der Waals surface area (Å²) < 4.78 is 68.4. The number of phosphoric acid groups is 2. The van der Waals surface area contributed by atoms with Crippen LogP contribution in [-0.2, 0) is 65.4 Å². The summed E-state index contributed by atoms with van der Waals surface area (Å²) >= 11 is 0. The number of ether oxygens (including phenoxy) is 4. The predicted molar refractivity (Wildman–Crippen MR) is 381 cm³/mol. The molecule has 0 heterocycles. The van der Waals surface area contributed by atoms with Crippen molar-refractivity contribution in [1.82, 2.24) is 0 Å². The Morgan fingerprint density at radius 2 is 0.511 bits per heavy atom. The molecule has 0 saturated heterocycles. The number of unbranched alkanes of at least 4 members (excludes halogenated alkanes) is 37. The van der Waals surface area contributed by atoms with Crippen LogP contribution >= 0.6 is 15.6 Å². The van der Waals surface area contributed by atoms with Gasteiger partial charge in [0.05, 0.1) is 26.4 Å². The van der Waals surface area contributed by atoms with E-state index in [2.05, 4.69) is 55.4 Å². The zero-order valence-electron chi connectivity index (χ0n) is 61.6. The fourth-order valence-electron chi connectivity index (χ4n) is 11.3. The first-order valence-electron chi connectivity index (χ1n) is 38.7. The van der Waals surface area contributed by atoms with Gasteiger partial charge in [-0.05, 0) is 49.4 Å². The van der Waals surface area contributed by atoms with Gasteiger partial charge in [0, 0.05) is 25.7 Å². The van der Waals surface area contributed by atoms with E-state index in [1.54, 1.807) is 0 Å². The normalized spacial score (nSPS) is 14.4. The van der Waals surface area contributed by atoms with Crippen LogP contribution in [0.25, 0.3) is 0 Å². The Hall–Kier alpha value is -1.94. The molecule has 4 unspecified atom stereocenters. The average Bonchev–Trinajstić information content (AvgIpc) is 2.81. The van der Waals surface area contributed by atoms with Crippen LogP contribution in [0.3, 0.4) is 0 Å². The third kappa shape index (κ3) is 67.3. The van der Waals surface area contributed by atoms with Gasteiger partial charge in [0.1, 0.15) is 19.3 Å². The molecule has 0 fully saturated rings. The Balaban J connectivity index is 5.23. The predicted octanol–water partition coefficient (Wildman–Crippen LogP) is 21.7. The summed E-state index contributed by atoms with van der Waals surface area (Å²) in [6, 6.07) is 0. The number of carbonyl (C=O) groups excluding carboxylic acids is 4. The molecule has 0 rings (SSSR count). The molecule has 0 aliphatic carbocycles. The zero-order chi connectivity index (χ0) is 69.6. The van der Waals surface area contributed by atoms with Crippen LogP contribution in [0.15, 0.2) is 0 Å². The van der Waals surface area contributed by atoms with Crippen LogP contribution in [-0.4, -0.2) is 96.7 Å². The van der Waals surface area contributed by atoms with Gasteiger partial charge in [-0.3, -0.25) is 37.3 Å². The molecule has 558 valence electrons. The molecule has 6 atom stereocenters. The molecular weight excluding hydrogens is 1230 g/mol. The highest BCUT2D eigenvalue weighted by atomic mass is 31.2. The Labute approximate surface area is 575 Å². The molecular formula is C75H146O17P2. The number of aliphatic hydroxyl groups excluding tert-OH is 1. The first kappa shape index (κ1) is 92.1. The molecule has 0 aliphatic rings. The number of rotatable bonds is 72. The van der Waals surface area contributed by atoms with Crippen LogP contribution in [0.5, 0.6) is 0 Å². The average molecular weight is 1380 g/mol. The van der Waals surface area contributed by atoms with Gasteiger partial charge in [0.15, 0.2) is 12.2 Å². The summed E-state index contributed by atoms with van der Waals surface area (Å²) in [4.78, 5) is 72.7. The fourth-order valence-corrected chi connectivity index (χ4v) is 12.9. The Kier molecular flexibility index (Phi) is 63.1. The van der Waals surface area contributed by atoms with Crippen LogP contribution in [0, 0.1) is 23.7 Å². The summed E-state index contributed by atoms with van der Waals surface area (Å²) in [5, 5.41) is 10.6. The number of esters is 4. The Morgan fingerprint density at radius 3 is 0.755 bits per heavy atom. The zero-order valence-corrected chi connectivity index (χ0v) is 63.4. The van der Waals surface area contributed by atoms with E-state index < -0.39 is 97.5 Å². The van der Waals surface area contributed by atoms with Crippen molar-refractivity contribution in [3.05, 3.63) is 0 Å². The molecule has 17 nitrogen and oxygen atoms in total. The third-order valence-electron chi connectivity index (χ3n) is 17.7. The first-order valence-corrected chi connectivity index (χ1v) is 41.7. The summed E-state index contributed by atoms with van der Waals surface area (Å²) in [7, 11) is -9.91. The van der Waals surface area contributed by atoms with Gasteiger partial charge in [0.2, 0.25) is 0 Å². The number of carbonyl (C=O) groups is 4. The van der Waals surface area contributed by atoms with Gasteiger partial charge >= 0.3 is 39.5 Å². The van der Waals surface area contributed by atoms with E-state index in [0.717, 1.165) is 108 Å². The Bertz CT molecular complexity index is 1850. The van der Waals surface area contributed by atoms with Crippen molar-refractivity contribution in [2.45, 2.75) is 395 Å². The molecule has 0 aliphatic heterocycles. The molecule has 0 aromatic rings. The van der Waals surface area contributed by atoms with Gasteiger partial charge in [-0.2, -0.15) is 0 Å². The standard InChI is InChI=1S/C75H146O17P2/c1-9-68(8)54-46-38-30-21-18-19-22-31-39-47-55-72(77)85-61-70(91-74(79)57-49-41-33-23-17-15-13-11-10-12-14-16-20-27-35-43-51-65(2)3)63-89-93(81,82)87-59-69(76)60-88-94(83,84)90-64-71(92-75(80)58-50-42-34-26-29-37-45-53-67(6)7)62-86-73(78)56-48-40-32-25-24-28-36-44-52-66(4)5/h65-71,76H,9-64H2,1-8H3,(H,81,82)(H,83,84)/t68?,69?,70-,71-/m1/s1. The van der Waals surface area contributed by atoms with Crippen LogP contribution in [0.2, 0.25) is 0 Å². The summed E-state index contributed by atoms with van der Waals surface area (Å²) in [5.74, 6) is 0.916. The highest BCUT2D eigenvalue weighted by Crippen LogP contribution is 2.45. The lowest BCUT2D eigenvalue weighted by Crippen LogP contribution is -2.30. The molecule has 0 amide bonds. The second-order valence-corrected chi connectivity index (χ2v) is 31.6. The van der Waals surface area contributed by atoms with Crippen LogP contribution in [0.4, 0.5) is 0 Å². The van der Waals surface area contributed by atoms with Gasteiger partial charge in [-0.25, -0.2) is 9.13 Å². The maximum atomic E-state index is 13.1. The number of hydrogen-bond acceptors (Lipinski definition) is 15. The minimum atomic E-state index is -4.96. The molecule has 0 saturated carbocycles. The van der Waals surface area contributed by atoms with Crippen molar-refractivity contribution in [1.29, 1.82) is 0 Å². The van der Waals surface area contributed by atoms with E-state index in [1.807, 2.05) is 0 Å². The van der Waals surface area contributed by atoms with Crippen molar-refractivity contribution in [3.63, 3.8) is 0 Å². The van der Waals surface area contributed by atoms with Crippen molar-refractivity contribution < 1.29 is 80.2 Å². The monoisotopic (exact) mass is 1380 g/mol. The first-order chi connectivity index (χ1) is 45.1. The third-order valence-corrected chi connectivity index (χ3v) is 19.6. The second-order valence-electron chi connectivity index (χ2n) is 28.7. The smallest absolute Gasteiger partial charge is 0.462 e. The summed E-state index contributed by atoms with van der Waals surface area (Å²) in [6.07, 6.45) is 48.7. The van der Waals surface area contributed by atoms with E-state index in [-0.39, 0.29) is 25.7 Å². The van der Waals surface area contributed by atoms with Gasteiger partial charge in [-0.1, -0.05) is 325 Å². The number of hydrogen-bond donors (Lipinski definition) is 3. The fraction of sp³-hybridized carbons (Fsp3) is 0.947. The lowest BCUT2D eigenvalue weighted by Gasteiger charge is -2.21. The lowest BCUT2D eigenvalue weighted by molar-refractivity contribution is -0.161. The molecule has 0 aromatic carbocycles.